The molecule has 2 aromatic rings. The van der Waals surface area contributed by atoms with E-state index in [-0.39, 0.29) is 12.3 Å². The number of hydrogen-bond acceptors (Lipinski definition) is 3. The predicted octanol–water partition coefficient (Wildman–Crippen LogP) is 2.10. The first kappa shape index (κ1) is 17.7. The van der Waals surface area contributed by atoms with E-state index in [1.54, 1.807) is 5.48 Å². The molecule has 1 atom stereocenters. The zero-order valence-corrected chi connectivity index (χ0v) is 13.4. The van der Waals surface area contributed by atoms with Crippen molar-refractivity contribution in [3.8, 4) is 0 Å². The quantitative estimate of drug-likeness (QED) is 0.301. The second-order valence-electron chi connectivity index (χ2n) is 5.60. The molecule has 0 bridgehead atoms. The maximum atomic E-state index is 12.3. The van der Waals surface area contributed by atoms with Crippen molar-refractivity contribution in [1.29, 1.82) is 0 Å². The monoisotopic (exact) mass is 326 g/mol. The smallest absolute Gasteiger partial charge is 0.256 e. The van der Waals surface area contributed by atoms with Crippen LogP contribution in [-0.4, -0.2) is 23.6 Å². The van der Waals surface area contributed by atoms with Crippen LogP contribution >= 0.6 is 0 Å². The van der Waals surface area contributed by atoms with Crippen molar-refractivity contribution >= 4 is 11.8 Å². The van der Waals surface area contributed by atoms with Gasteiger partial charge in [-0.05, 0) is 30.4 Å². The van der Waals surface area contributed by atoms with Crippen LogP contribution in [0.1, 0.15) is 17.5 Å². The van der Waals surface area contributed by atoms with Gasteiger partial charge in [0, 0.05) is 6.54 Å². The van der Waals surface area contributed by atoms with Gasteiger partial charge in [-0.3, -0.25) is 14.8 Å². The molecule has 0 aliphatic carbocycles. The van der Waals surface area contributed by atoms with Crippen molar-refractivity contribution in [1.82, 2.24) is 10.8 Å². The summed E-state index contributed by atoms with van der Waals surface area (Å²) >= 11 is 0. The lowest BCUT2D eigenvalue weighted by Crippen LogP contribution is -2.41. The van der Waals surface area contributed by atoms with Crippen molar-refractivity contribution in [2.75, 3.05) is 6.54 Å². The van der Waals surface area contributed by atoms with Crippen LogP contribution in [-0.2, 0) is 22.4 Å². The molecule has 0 saturated heterocycles. The van der Waals surface area contributed by atoms with E-state index >= 15 is 0 Å². The highest BCUT2D eigenvalue weighted by atomic mass is 16.5. The molecule has 2 rings (SSSR count). The lowest BCUT2D eigenvalue weighted by atomic mass is 9.97. The highest BCUT2D eigenvalue weighted by Gasteiger charge is 2.26. The van der Waals surface area contributed by atoms with Crippen molar-refractivity contribution in [2.24, 2.45) is 5.92 Å². The van der Waals surface area contributed by atoms with E-state index < -0.39 is 11.8 Å². The number of benzene rings is 2. The highest BCUT2D eigenvalue weighted by Crippen LogP contribution is 2.10. The number of carbonyl (C=O) groups is 2. The second kappa shape index (κ2) is 9.47. The molecule has 0 saturated carbocycles. The normalized spacial score (nSPS) is 11.5. The highest BCUT2D eigenvalue weighted by molar-refractivity contribution is 6.00. The Balaban J connectivity index is 1.85. The third-order valence-corrected chi connectivity index (χ3v) is 3.81. The van der Waals surface area contributed by atoms with Crippen molar-refractivity contribution < 1.29 is 14.8 Å². The number of nitrogens with one attached hydrogen (secondary N) is 2. The van der Waals surface area contributed by atoms with Gasteiger partial charge in [-0.1, -0.05) is 60.7 Å². The molecule has 0 aliphatic rings. The van der Waals surface area contributed by atoms with Crippen LogP contribution in [0.5, 0.6) is 0 Å². The maximum absolute atomic E-state index is 12.3. The van der Waals surface area contributed by atoms with E-state index in [1.165, 1.54) is 5.56 Å². The SMILES string of the molecule is O=C(NO)[C@H](Cc1ccccc1)C(=O)NCCCc1ccccc1. The average molecular weight is 326 g/mol. The molecule has 0 fully saturated rings. The number of carbonyl (C=O) groups excluding carboxylic acids is 2. The first-order valence-corrected chi connectivity index (χ1v) is 8.00. The summed E-state index contributed by atoms with van der Waals surface area (Å²) in [5.74, 6) is -2.02. The number of hydroxylamine groups is 1. The Morgan fingerprint density at radius 2 is 1.46 bits per heavy atom. The molecule has 3 N–H and O–H groups in total. The fourth-order valence-electron chi connectivity index (χ4n) is 2.50. The number of aryl methyl sites for hydroxylation is 1. The molecule has 2 aromatic carbocycles. The van der Waals surface area contributed by atoms with Crippen molar-refractivity contribution in [3.05, 3.63) is 71.8 Å². The van der Waals surface area contributed by atoms with Crippen molar-refractivity contribution in [2.45, 2.75) is 19.3 Å². The Labute approximate surface area is 141 Å². The second-order valence-corrected chi connectivity index (χ2v) is 5.60. The molecular weight excluding hydrogens is 304 g/mol. The van der Waals surface area contributed by atoms with Crippen molar-refractivity contribution in [3.63, 3.8) is 0 Å². The zero-order chi connectivity index (χ0) is 17.2. The Morgan fingerprint density at radius 1 is 0.875 bits per heavy atom. The third kappa shape index (κ3) is 5.52. The Kier molecular flexibility index (Phi) is 6.98. The molecule has 5 nitrogen and oxygen atoms in total. The standard InChI is InChI=1S/C19H22N2O3/c22-18(20-13-7-12-15-8-3-1-4-9-15)17(19(23)21-24)14-16-10-5-2-6-11-16/h1-6,8-11,17,24H,7,12-14H2,(H,20,22)(H,21,23)/t17-/m1/s1. The van der Waals surface area contributed by atoms with Crippen LogP contribution in [0.15, 0.2) is 60.7 Å². The van der Waals surface area contributed by atoms with Gasteiger partial charge < -0.3 is 5.32 Å². The van der Waals surface area contributed by atoms with Gasteiger partial charge >= 0.3 is 0 Å². The topological polar surface area (TPSA) is 78.4 Å². The third-order valence-electron chi connectivity index (χ3n) is 3.81. The molecular formula is C19H22N2O3. The Bertz CT molecular complexity index is 644. The number of rotatable bonds is 8. The zero-order valence-electron chi connectivity index (χ0n) is 13.4. The minimum atomic E-state index is -0.950. The average Bonchev–Trinajstić information content (AvgIpc) is 2.64. The van der Waals surface area contributed by atoms with Crippen LogP contribution in [0.2, 0.25) is 0 Å². The van der Waals surface area contributed by atoms with Crippen LogP contribution in [0, 0.1) is 5.92 Å². The van der Waals surface area contributed by atoms with Gasteiger partial charge in [0.1, 0.15) is 5.92 Å². The maximum Gasteiger partial charge on any atom is 0.256 e. The number of amides is 2. The van der Waals surface area contributed by atoms with Gasteiger partial charge in [0.25, 0.3) is 5.91 Å². The van der Waals surface area contributed by atoms with Crippen LogP contribution < -0.4 is 10.8 Å². The first-order chi connectivity index (χ1) is 11.7. The molecule has 5 heteroatoms. The lowest BCUT2D eigenvalue weighted by molar-refractivity contribution is -0.140. The molecule has 0 aliphatic heterocycles. The van der Waals surface area contributed by atoms with Gasteiger partial charge in [0.05, 0.1) is 0 Å². The largest absolute Gasteiger partial charge is 0.355 e. The molecule has 2 amide bonds. The number of hydrogen-bond donors (Lipinski definition) is 3. The summed E-state index contributed by atoms with van der Waals surface area (Å²) in [5.41, 5.74) is 3.66. The van der Waals surface area contributed by atoms with Crippen LogP contribution in [0.4, 0.5) is 0 Å². The summed E-state index contributed by atoms with van der Waals surface area (Å²) in [4.78, 5) is 24.1. The minimum absolute atomic E-state index is 0.248. The predicted molar refractivity (Wildman–Crippen MR) is 91.3 cm³/mol. The fourth-order valence-corrected chi connectivity index (χ4v) is 2.50. The van der Waals surface area contributed by atoms with Gasteiger partial charge in [-0.15, -0.1) is 0 Å². The Hall–Kier alpha value is -2.66. The molecule has 24 heavy (non-hydrogen) atoms. The van der Waals surface area contributed by atoms with E-state index in [4.69, 9.17) is 5.21 Å². The molecule has 0 spiro atoms. The van der Waals surface area contributed by atoms with E-state index in [9.17, 15) is 9.59 Å². The van der Waals surface area contributed by atoms with E-state index in [2.05, 4.69) is 5.32 Å². The summed E-state index contributed by atoms with van der Waals surface area (Å²) in [7, 11) is 0. The minimum Gasteiger partial charge on any atom is -0.355 e. The molecule has 0 unspecified atom stereocenters. The summed E-state index contributed by atoms with van der Waals surface area (Å²) < 4.78 is 0. The van der Waals surface area contributed by atoms with Gasteiger partial charge in [-0.25, -0.2) is 5.48 Å². The molecule has 0 radical (unpaired) electrons. The molecule has 0 aromatic heterocycles. The summed E-state index contributed by atoms with van der Waals surface area (Å²) in [6.45, 7) is 0.484. The first-order valence-electron chi connectivity index (χ1n) is 8.00. The van der Waals surface area contributed by atoms with Gasteiger partial charge in [0.15, 0.2) is 0 Å². The van der Waals surface area contributed by atoms with Crippen LogP contribution in [0.3, 0.4) is 0 Å². The fraction of sp³-hybridized carbons (Fsp3) is 0.263. The summed E-state index contributed by atoms with van der Waals surface area (Å²) in [6.07, 6.45) is 1.89. The summed E-state index contributed by atoms with van der Waals surface area (Å²) in [6, 6.07) is 19.3. The van der Waals surface area contributed by atoms with Gasteiger partial charge in [0.2, 0.25) is 5.91 Å². The van der Waals surface area contributed by atoms with E-state index in [0.717, 1.165) is 18.4 Å². The Morgan fingerprint density at radius 3 is 2.04 bits per heavy atom. The van der Waals surface area contributed by atoms with Crippen LogP contribution in [0.25, 0.3) is 0 Å². The van der Waals surface area contributed by atoms with E-state index in [0.29, 0.717) is 6.54 Å². The van der Waals surface area contributed by atoms with Gasteiger partial charge in [-0.2, -0.15) is 0 Å². The molecule has 0 heterocycles. The summed E-state index contributed by atoms with van der Waals surface area (Å²) in [5, 5.41) is 11.7. The van der Waals surface area contributed by atoms with E-state index in [1.807, 2.05) is 60.7 Å². The lowest BCUT2D eigenvalue weighted by Gasteiger charge is -2.15. The molecule has 126 valence electrons.